The third kappa shape index (κ3) is 5.02. The molecule has 11 heteroatoms. The molecule has 0 saturated carbocycles. The van der Waals surface area contributed by atoms with Crippen LogP contribution in [0.1, 0.15) is 12.7 Å². The minimum absolute atomic E-state index is 0.134. The Balaban J connectivity index is 1.55. The van der Waals surface area contributed by atoms with Crippen molar-refractivity contribution < 1.29 is 8.42 Å². The van der Waals surface area contributed by atoms with Crippen molar-refractivity contribution >= 4 is 21.6 Å². The number of aliphatic imine (C=N–C) groups is 1. The van der Waals surface area contributed by atoms with Crippen LogP contribution in [0, 0.1) is 0 Å². The van der Waals surface area contributed by atoms with Crippen LogP contribution in [0.4, 0.5) is 0 Å². The average Bonchev–Trinajstić information content (AvgIpc) is 3.13. The predicted octanol–water partition coefficient (Wildman–Crippen LogP) is 0.158. The van der Waals surface area contributed by atoms with Gasteiger partial charge < -0.3 is 10.6 Å². The first-order valence-corrected chi connectivity index (χ1v) is 10.3. The van der Waals surface area contributed by atoms with Crippen LogP contribution in [0.25, 0.3) is 5.65 Å². The first-order chi connectivity index (χ1) is 13.6. The number of sulfonamides is 1. The first-order valence-electron chi connectivity index (χ1n) is 8.80. The van der Waals surface area contributed by atoms with Gasteiger partial charge in [-0.05, 0) is 31.2 Å². The van der Waals surface area contributed by atoms with Gasteiger partial charge in [-0.15, -0.1) is 10.2 Å². The molecule has 3 N–H and O–H groups in total. The van der Waals surface area contributed by atoms with E-state index in [1.165, 1.54) is 18.5 Å². The summed E-state index contributed by atoms with van der Waals surface area (Å²) in [6, 6.07) is 8.75. The molecule has 3 aromatic rings. The molecule has 148 valence electrons. The Labute approximate surface area is 163 Å². The van der Waals surface area contributed by atoms with Crippen LogP contribution < -0.4 is 15.4 Å². The molecular formula is C17H22N8O2S. The summed E-state index contributed by atoms with van der Waals surface area (Å²) in [7, 11) is -3.58. The van der Waals surface area contributed by atoms with E-state index in [1.807, 2.05) is 35.7 Å². The molecule has 3 aromatic heterocycles. The molecule has 3 rings (SSSR count). The van der Waals surface area contributed by atoms with Crippen molar-refractivity contribution in [2.45, 2.75) is 18.4 Å². The summed E-state index contributed by atoms with van der Waals surface area (Å²) in [6.07, 6.45) is 4.72. The average molecular weight is 402 g/mol. The molecule has 0 aliphatic carbocycles. The fourth-order valence-corrected chi connectivity index (χ4v) is 3.44. The summed E-state index contributed by atoms with van der Waals surface area (Å²) in [6.45, 7) is 3.53. The topological polar surface area (TPSA) is 126 Å². The molecular weight excluding hydrogens is 380 g/mol. The fourth-order valence-electron chi connectivity index (χ4n) is 2.45. The Hall–Kier alpha value is -3.05. The lowest BCUT2D eigenvalue weighted by Gasteiger charge is -2.12. The molecule has 0 radical (unpaired) electrons. The van der Waals surface area contributed by atoms with Gasteiger partial charge in [-0.2, -0.15) is 0 Å². The van der Waals surface area contributed by atoms with E-state index in [-0.39, 0.29) is 11.4 Å². The Morgan fingerprint density at radius 1 is 1.14 bits per heavy atom. The Morgan fingerprint density at radius 2 is 2.04 bits per heavy atom. The summed E-state index contributed by atoms with van der Waals surface area (Å²) in [5.41, 5.74) is 0.760. The number of nitrogens with zero attached hydrogens (tertiary/aromatic N) is 5. The van der Waals surface area contributed by atoms with Gasteiger partial charge in [0, 0.05) is 38.2 Å². The Kier molecular flexibility index (Phi) is 6.50. The first kappa shape index (κ1) is 19.7. The zero-order valence-corrected chi connectivity index (χ0v) is 16.2. The van der Waals surface area contributed by atoms with Crippen molar-refractivity contribution in [1.82, 2.24) is 34.9 Å². The van der Waals surface area contributed by atoms with E-state index in [1.54, 1.807) is 6.07 Å². The molecule has 0 aliphatic rings. The molecule has 0 fully saturated rings. The van der Waals surface area contributed by atoms with Crippen molar-refractivity contribution in [2.24, 2.45) is 4.99 Å². The van der Waals surface area contributed by atoms with Crippen molar-refractivity contribution in [1.29, 1.82) is 0 Å². The summed E-state index contributed by atoms with van der Waals surface area (Å²) < 4.78 is 28.7. The van der Waals surface area contributed by atoms with Crippen LogP contribution in [0.2, 0.25) is 0 Å². The largest absolute Gasteiger partial charge is 0.357 e. The minimum Gasteiger partial charge on any atom is -0.357 e. The molecule has 3 heterocycles. The molecule has 10 nitrogen and oxygen atoms in total. The second kappa shape index (κ2) is 9.24. The maximum atomic E-state index is 12.2. The van der Waals surface area contributed by atoms with Gasteiger partial charge in [-0.1, -0.05) is 6.07 Å². The van der Waals surface area contributed by atoms with E-state index < -0.39 is 10.0 Å². The van der Waals surface area contributed by atoms with Crippen LogP contribution in [-0.2, 0) is 16.6 Å². The van der Waals surface area contributed by atoms with Gasteiger partial charge in [0.05, 0.1) is 0 Å². The molecule has 0 aliphatic heterocycles. The zero-order valence-electron chi connectivity index (χ0n) is 15.4. The summed E-state index contributed by atoms with van der Waals surface area (Å²) in [5, 5.41) is 14.4. The molecule has 0 unspecified atom stereocenters. The van der Waals surface area contributed by atoms with Crippen LogP contribution in [0.5, 0.6) is 0 Å². The lowest BCUT2D eigenvalue weighted by atomic mass is 10.4. The van der Waals surface area contributed by atoms with E-state index in [0.29, 0.717) is 31.4 Å². The van der Waals surface area contributed by atoms with Crippen LogP contribution in [-0.4, -0.2) is 53.6 Å². The lowest BCUT2D eigenvalue weighted by Crippen LogP contribution is -2.41. The van der Waals surface area contributed by atoms with E-state index in [4.69, 9.17) is 0 Å². The van der Waals surface area contributed by atoms with Crippen molar-refractivity contribution in [3.63, 3.8) is 0 Å². The molecule has 0 saturated heterocycles. The number of rotatable bonds is 8. The predicted molar refractivity (Wildman–Crippen MR) is 105 cm³/mol. The monoisotopic (exact) mass is 402 g/mol. The maximum absolute atomic E-state index is 12.2. The lowest BCUT2D eigenvalue weighted by molar-refractivity contribution is 0.580. The minimum atomic E-state index is -3.58. The molecule has 0 amide bonds. The fraction of sp³-hybridized carbons (Fsp3) is 0.294. The quantitative estimate of drug-likeness (QED) is 0.278. The van der Waals surface area contributed by atoms with E-state index in [9.17, 15) is 8.42 Å². The number of nitrogens with one attached hydrogen (secondary N) is 3. The SMILES string of the molecule is CCNC(=NCc1nnc2ccccn12)NCCNS(=O)(=O)c1cccnc1. The van der Waals surface area contributed by atoms with Gasteiger partial charge in [-0.3, -0.25) is 9.38 Å². The van der Waals surface area contributed by atoms with Crippen LogP contribution in [0.3, 0.4) is 0 Å². The van der Waals surface area contributed by atoms with Crippen molar-refractivity contribution in [3.05, 3.63) is 54.7 Å². The van der Waals surface area contributed by atoms with Crippen LogP contribution in [0.15, 0.2) is 58.8 Å². The normalized spacial score (nSPS) is 12.2. The third-order valence-electron chi connectivity index (χ3n) is 3.76. The van der Waals surface area contributed by atoms with E-state index in [0.717, 1.165) is 5.65 Å². The molecule has 0 spiro atoms. The highest BCUT2D eigenvalue weighted by molar-refractivity contribution is 7.89. The number of pyridine rings is 2. The highest BCUT2D eigenvalue weighted by atomic mass is 32.2. The zero-order chi connectivity index (χ0) is 19.8. The Bertz CT molecular complexity index is 1030. The number of hydrogen-bond donors (Lipinski definition) is 3. The van der Waals surface area contributed by atoms with Crippen molar-refractivity contribution in [2.75, 3.05) is 19.6 Å². The number of fused-ring (bicyclic) bond motifs is 1. The highest BCUT2D eigenvalue weighted by Gasteiger charge is 2.12. The standard InChI is InChI=1S/C17H22N8O2S/c1-2-19-17(21-13-16-24-23-15-7-3-4-11-25(15)16)20-9-10-22-28(26,27)14-6-5-8-18-12-14/h3-8,11-12,22H,2,9-10,13H2,1H3,(H2,19,20,21). The summed E-state index contributed by atoms with van der Waals surface area (Å²) in [5.74, 6) is 1.28. The van der Waals surface area contributed by atoms with Gasteiger partial charge in [0.2, 0.25) is 10.0 Å². The maximum Gasteiger partial charge on any atom is 0.242 e. The summed E-state index contributed by atoms with van der Waals surface area (Å²) in [4.78, 5) is 8.44. The second-order valence-electron chi connectivity index (χ2n) is 5.75. The van der Waals surface area contributed by atoms with Gasteiger partial charge in [0.1, 0.15) is 11.4 Å². The van der Waals surface area contributed by atoms with Gasteiger partial charge in [0.15, 0.2) is 17.4 Å². The second-order valence-corrected chi connectivity index (χ2v) is 7.52. The molecule has 0 aromatic carbocycles. The highest BCUT2D eigenvalue weighted by Crippen LogP contribution is 2.05. The molecule has 0 bridgehead atoms. The third-order valence-corrected chi connectivity index (χ3v) is 5.21. The van der Waals surface area contributed by atoms with E-state index >= 15 is 0 Å². The van der Waals surface area contributed by atoms with Gasteiger partial charge in [-0.25, -0.2) is 18.1 Å². The van der Waals surface area contributed by atoms with Gasteiger partial charge >= 0.3 is 0 Å². The van der Waals surface area contributed by atoms with Crippen LogP contribution >= 0.6 is 0 Å². The Morgan fingerprint density at radius 3 is 2.82 bits per heavy atom. The molecule has 28 heavy (non-hydrogen) atoms. The van der Waals surface area contributed by atoms with E-state index in [2.05, 4.69) is 35.5 Å². The summed E-state index contributed by atoms with van der Waals surface area (Å²) >= 11 is 0. The van der Waals surface area contributed by atoms with Crippen molar-refractivity contribution in [3.8, 4) is 0 Å². The molecule has 0 atom stereocenters. The smallest absolute Gasteiger partial charge is 0.242 e. The number of aromatic nitrogens is 4. The van der Waals surface area contributed by atoms with Gasteiger partial charge in [0.25, 0.3) is 0 Å². The number of guanidine groups is 1. The number of hydrogen-bond acceptors (Lipinski definition) is 6.